The van der Waals surface area contributed by atoms with Crippen molar-refractivity contribution in [1.82, 2.24) is 4.98 Å². The molecule has 1 atom stereocenters. The van der Waals surface area contributed by atoms with E-state index in [0.29, 0.717) is 16.1 Å². The van der Waals surface area contributed by atoms with Gasteiger partial charge in [0.05, 0.1) is 0 Å². The summed E-state index contributed by atoms with van der Waals surface area (Å²) < 4.78 is 0. The summed E-state index contributed by atoms with van der Waals surface area (Å²) in [5.74, 6) is 0.363. The second-order valence-electron chi connectivity index (χ2n) is 2.58. The highest BCUT2D eigenvalue weighted by atomic mass is 79.9. The fourth-order valence-electron chi connectivity index (χ4n) is 0.864. The molecule has 4 heteroatoms. The minimum atomic E-state index is 0.363. The van der Waals surface area contributed by atoms with Gasteiger partial charge in [-0.15, -0.1) is 0 Å². The second kappa shape index (κ2) is 4.45. The summed E-state index contributed by atoms with van der Waals surface area (Å²) in [6, 6.07) is 1.66. The van der Waals surface area contributed by atoms with E-state index in [2.05, 4.69) is 27.8 Å². The zero-order chi connectivity index (χ0) is 9.14. The Kier molecular flexibility index (Phi) is 3.81. The average molecular weight is 269 g/mol. The molecule has 1 aromatic rings. The van der Waals surface area contributed by atoms with E-state index in [9.17, 15) is 0 Å². The van der Waals surface area contributed by atoms with Crippen molar-refractivity contribution < 1.29 is 0 Å². The van der Waals surface area contributed by atoms with Crippen LogP contribution in [0.4, 0.5) is 0 Å². The number of rotatable bonds is 2. The molecular formula is C8H8BrCl2N. The van der Waals surface area contributed by atoms with Crippen molar-refractivity contribution in [3.8, 4) is 0 Å². The first-order chi connectivity index (χ1) is 5.65. The predicted molar refractivity (Wildman–Crippen MR) is 56.5 cm³/mol. The first-order valence-corrected chi connectivity index (χ1v) is 5.39. The Morgan fingerprint density at radius 2 is 2.25 bits per heavy atom. The molecule has 0 saturated carbocycles. The molecule has 0 aromatic carbocycles. The largest absolute Gasteiger partial charge is 0.244 e. The normalized spacial score (nSPS) is 13.0. The summed E-state index contributed by atoms with van der Waals surface area (Å²) in [5.41, 5.74) is 1.03. The van der Waals surface area contributed by atoms with Crippen LogP contribution < -0.4 is 0 Å². The maximum Gasteiger partial charge on any atom is 0.130 e. The quantitative estimate of drug-likeness (QED) is 0.586. The molecule has 1 nitrogen and oxygen atoms in total. The number of hydrogen-bond donors (Lipinski definition) is 0. The van der Waals surface area contributed by atoms with Crippen molar-refractivity contribution in [1.29, 1.82) is 0 Å². The van der Waals surface area contributed by atoms with E-state index in [1.54, 1.807) is 12.3 Å². The highest BCUT2D eigenvalue weighted by Crippen LogP contribution is 2.26. The van der Waals surface area contributed by atoms with Gasteiger partial charge < -0.3 is 0 Å². The van der Waals surface area contributed by atoms with Gasteiger partial charge in [0.25, 0.3) is 0 Å². The number of halogens is 3. The third-order valence-corrected chi connectivity index (χ3v) is 3.12. The number of alkyl halides is 1. The number of hydrogen-bond acceptors (Lipinski definition) is 1. The zero-order valence-corrected chi connectivity index (χ0v) is 9.62. The molecule has 0 amide bonds. The maximum absolute atomic E-state index is 5.96. The lowest BCUT2D eigenvalue weighted by atomic mass is 10.1. The third-order valence-electron chi connectivity index (χ3n) is 1.61. The fourth-order valence-corrected chi connectivity index (χ4v) is 1.76. The van der Waals surface area contributed by atoms with Gasteiger partial charge in [-0.2, -0.15) is 0 Å². The number of pyridine rings is 1. The van der Waals surface area contributed by atoms with Crippen molar-refractivity contribution in [2.45, 2.75) is 12.8 Å². The maximum atomic E-state index is 5.96. The molecule has 0 aliphatic heterocycles. The molecule has 0 radical (unpaired) electrons. The van der Waals surface area contributed by atoms with E-state index < -0.39 is 0 Å². The van der Waals surface area contributed by atoms with Gasteiger partial charge in [0.15, 0.2) is 0 Å². The molecule has 1 unspecified atom stereocenters. The topological polar surface area (TPSA) is 12.9 Å². The van der Waals surface area contributed by atoms with Gasteiger partial charge in [0.2, 0.25) is 0 Å². The van der Waals surface area contributed by atoms with Crippen molar-refractivity contribution in [3.05, 3.63) is 28.0 Å². The van der Waals surface area contributed by atoms with Crippen molar-refractivity contribution in [2.75, 3.05) is 5.33 Å². The Balaban J connectivity index is 3.01. The molecule has 0 fully saturated rings. The standard InChI is InChI=1S/C8H8BrCl2N/c1-5(3-9)6-4-12-8(11)2-7(6)10/h2,4-5H,3H2,1H3. The summed E-state index contributed by atoms with van der Waals surface area (Å²) in [6.07, 6.45) is 1.72. The van der Waals surface area contributed by atoms with Crippen molar-refractivity contribution in [2.24, 2.45) is 0 Å². The van der Waals surface area contributed by atoms with Crippen molar-refractivity contribution in [3.63, 3.8) is 0 Å². The second-order valence-corrected chi connectivity index (χ2v) is 4.03. The van der Waals surface area contributed by atoms with Crippen LogP contribution in [0.1, 0.15) is 18.4 Å². The van der Waals surface area contributed by atoms with E-state index >= 15 is 0 Å². The van der Waals surface area contributed by atoms with E-state index in [1.807, 2.05) is 0 Å². The lowest BCUT2D eigenvalue weighted by Crippen LogP contribution is -1.96. The Hall–Kier alpha value is 0.210. The van der Waals surface area contributed by atoms with Crippen LogP contribution in [0.25, 0.3) is 0 Å². The molecule has 0 N–H and O–H groups in total. The molecule has 12 heavy (non-hydrogen) atoms. The van der Waals surface area contributed by atoms with Gasteiger partial charge in [-0.25, -0.2) is 4.98 Å². The zero-order valence-electron chi connectivity index (χ0n) is 6.52. The summed E-state index contributed by atoms with van der Waals surface area (Å²) in [5, 5.41) is 1.99. The van der Waals surface area contributed by atoms with Crippen LogP contribution >= 0.6 is 39.1 Å². The molecular weight excluding hydrogens is 261 g/mol. The highest BCUT2D eigenvalue weighted by Gasteiger charge is 2.08. The van der Waals surface area contributed by atoms with Gasteiger partial charge in [-0.1, -0.05) is 46.1 Å². The lowest BCUT2D eigenvalue weighted by molar-refractivity contribution is 0.879. The van der Waals surface area contributed by atoms with Gasteiger partial charge in [-0.3, -0.25) is 0 Å². The summed E-state index contributed by atoms with van der Waals surface area (Å²) in [6.45, 7) is 2.07. The van der Waals surface area contributed by atoms with Crippen LogP contribution in [0, 0.1) is 0 Å². The minimum absolute atomic E-state index is 0.363. The summed E-state index contributed by atoms with van der Waals surface area (Å²) in [7, 11) is 0. The van der Waals surface area contributed by atoms with Crippen LogP contribution in [0.3, 0.4) is 0 Å². The molecule has 0 aliphatic rings. The predicted octanol–water partition coefficient (Wildman–Crippen LogP) is 3.89. The summed E-state index contributed by atoms with van der Waals surface area (Å²) >= 11 is 15.0. The average Bonchev–Trinajstić information content (AvgIpc) is 2.03. The Labute approximate surface area is 90.2 Å². The molecule has 0 spiro atoms. The number of aromatic nitrogens is 1. The van der Waals surface area contributed by atoms with E-state index in [0.717, 1.165) is 10.9 Å². The molecule has 66 valence electrons. The molecule has 0 aliphatic carbocycles. The first-order valence-electron chi connectivity index (χ1n) is 3.52. The Bertz CT molecular complexity index is 278. The van der Waals surface area contributed by atoms with Gasteiger partial charge in [0, 0.05) is 16.5 Å². The van der Waals surface area contributed by atoms with Crippen LogP contribution in [-0.4, -0.2) is 10.3 Å². The monoisotopic (exact) mass is 267 g/mol. The van der Waals surface area contributed by atoms with Gasteiger partial charge in [-0.05, 0) is 17.5 Å². The van der Waals surface area contributed by atoms with Gasteiger partial charge in [0.1, 0.15) is 5.15 Å². The highest BCUT2D eigenvalue weighted by molar-refractivity contribution is 9.09. The van der Waals surface area contributed by atoms with E-state index in [4.69, 9.17) is 23.2 Å². The van der Waals surface area contributed by atoms with Gasteiger partial charge >= 0.3 is 0 Å². The molecule has 0 saturated heterocycles. The molecule has 1 aromatic heterocycles. The molecule has 0 bridgehead atoms. The fraction of sp³-hybridized carbons (Fsp3) is 0.375. The van der Waals surface area contributed by atoms with Crippen LogP contribution in [-0.2, 0) is 0 Å². The molecule has 1 rings (SSSR count). The minimum Gasteiger partial charge on any atom is -0.244 e. The number of nitrogens with zero attached hydrogens (tertiary/aromatic N) is 1. The van der Waals surface area contributed by atoms with E-state index in [1.165, 1.54) is 0 Å². The smallest absolute Gasteiger partial charge is 0.130 e. The SMILES string of the molecule is CC(CBr)c1cnc(Cl)cc1Cl. The van der Waals surface area contributed by atoms with Crippen LogP contribution in [0.15, 0.2) is 12.3 Å². The molecule has 1 heterocycles. The van der Waals surface area contributed by atoms with Crippen LogP contribution in [0.5, 0.6) is 0 Å². The third kappa shape index (κ3) is 2.35. The summed E-state index contributed by atoms with van der Waals surface area (Å²) in [4.78, 5) is 3.97. The van der Waals surface area contributed by atoms with Crippen molar-refractivity contribution >= 4 is 39.1 Å². The lowest BCUT2D eigenvalue weighted by Gasteiger charge is -2.09. The van der Waals surface area contributed by atoms with E-state index in [-0.39, 0.29) is 0 Å². The Morgan fingerprint density at radius 1 is 1.58 bits per heavy atom. The van der Waals surface area contributed by atoms with Crippen LogP contribution in [0.2, 0.25) is 10.2 Å². The Morgan fingerprint density at radius 3 is 2.75 bits per heavy atom. The first kappa shape index (κ1) is 10.3.